The summed E-state index contributed by atoms with van der Waals surface area (Å²) in [5.41, 5.74) is 4.49. The average Bonchev–Trinajstić information content (AvgIpc) is 2.46. The van der Waals surface area contributed by atoms with Crippen molar-refractivity contribution in [3.05, 3.63) is 30.0 Å². The molecule has 0 bridgehead atoms. The van der Waals surface area contributed by atoms with Crippen LogP contribution < -0.4 is 5.43 Å². The van der Waals surface area contributed by atoms with Crippen LogP contribution in [0, 0.1) is 6.92 Å². The molecule has 3 rings (SSSR count). The molecule has 0 saturated carbocycles. The molecule has 1 saturated heterocycles. The number of piperidine rings is 1. The fraction of sp³-hybridized carbons (Fsp3) is 0.500. The molecule has 20 heavy (non-hydrogen) atoms. The van der Waals surface area contributed by atoms with Crippen molar-refractivity contribution in [2.75, 3.05) is 5.43 Å². The molecule has 2 unspecified atom stereocenters. The molecule has 1 fully saturated rings. The number of rotatable bonds is 2. The summed E-state index contributed by atoms with van der Waals surface area (Å²) in [7, 11) is 0. The van der Waals surface area contributed by atoms with Gasteiger partial charge in [-0.1, -0.05) is 30.7 Å². The molecule has 0 amide bonds. The predicted octanol–water partition coefficient (Wildman–Crippen LogP) is 3.53. The lowest BCUT2D eigenvalue weighted by atomic mass is 10.00. The number of aromatic nitrogens is 2. The third-order valence-electron chi connectivity index (χ3n) is 4.30. The van der Waals surface area contributed by atoms with Gasteiger partial charge in [-0.2, -0.15) is 5.10 Å². The van der Waals surface area contributed by atoms with Crippen molar-refractivity contribution in [1.29, 1.82) is 0 Å². The van der Waals surface area contributed by atoms with Crippen LogP contribution in [-0.2, 0) is 0 Å². The molecule has 4 heteroatoms. The first kappa shape index (κ1) is 13.3. The maximum absolute atomic E-state index is 4.37. The van der Waals surface area contributed by atoms with E-state index >= 15 is 0 Å². The van der Waals surface area contributed by atoms with Crippen molar-refractivity contribution in [2.24, 2.45) is 0 Å². The van der Waals surface area contributed by atoms with Gasteiger partial charge >= 0.3 is 0 Å². The molecule has 1 aliphatic rings. The Balaban J connectivity index is 1.96. The van der Waals surface area contributed by atoms with Crippen LogP contribution in [0.2, 0.25) is 0 Å². The summed E-state index contributed by atoms with van der Waals surface area (Å²) < 4.78 is 0. The van der Waals surface area contributed by atoms with E-state index in [2.05, 4.69) is 52.7 Å². The first-order valence-electron chi connectivity index (χ1n) is 7.44. The van der Waals surface area contributed by atoms with E-state index in [1.807, 2.05) is 13.0 Å². The number of aryl methyl sites for hydroxylation is 1. The van der Waals surface area contributed by atoms with E-state index in [9.17, 15) is 0 Å². The van der Waals surface area contributed by atoms with E-state index in [4.69, 9.17) is 0 Å². The van der Waals surface area contributed by atoms with Crippen molar-refractivity contribution in [2.45, 2.75) is 52.1 Å². The first-order chi connectivity index (χ1) is 9.66. The molecular weight excluding hydrogens is 248 g/mol. The minimum absolute atomic E-state index is 0.528. The topological polar surface area (TPSA) is 41.1 Å². The molecule has 0 spiro atoms. The van der Waals surface area contributed by atoms with Gasteiger partial charge in [-0.25, -0.2) is 5.01 Å². The van der Waals surface area contributed by atoms with Gasteiger partial charge in [0.1, 0.15) is 0 Å². The van der Waals surface area contributed by atoms with Crippen LogP contribution in [0.1, 0.15) is 38.8 Å². The number of hydrogen-bond acceptors (Lipinski definition) is 4. The average molecular weight is 270 g/mol. The number of hydrazine groups is 1. The monoisotopic (exact) mass is 270 g/mol. The van der Waals surface area contributed by atoms with Crippen molar-refractivity contribution in [3.8, 4) is 0 Å². The van der Waals surface area contributed by atoms with Crippen LogP contribution in [0.3, 0.4) is 0 Å². The highest BCUT2D eigenvalue weighted by Gasteiger charge is 2.25. The normalized spacial score (nSPS) is 23.9. The minimum atomic E-state index is 0.528. The lowest BCUT2D eigenvalue weighted by Crippen LogP contribution is -2.47. The SMILES string of the molecule is Cc1nnc(NN2C(C)CCCC2C)c2ccccc12. The van der Waals surface area contributed by atoms with Crippen LogP contribution in [-0.4, -0.2) is 27.3 Å². The zero-order chi connectivity index (χ0) is 14.1. The molecule has 1 aromatic carbocycles. The highest BCUT2D eigenvalue weighted by molar-refractivity contribution is 5.92. The fourth-order valence-electron chi connectivity index (χ4n) is 3.08. The maximum atomic E-state index is 4.37. The summed E-state index contributed by atoms with van der Waals surface area (Å²) in [4.78, 5) is 0. The molecule has 0 radical (unpaired) electrons. The van der Waals surface area contributed by atoms with Gasteiger partial charge in [-0.15, -0.1) is 5.10 Å². The van der Waals surface area contributed by atoms with Gasteiger partial charge in [-0.05, 0) is 33.6 Å². The van der Waals surface area contributed by atoms with Gasteiger partial charge < -0.3 is 5.43 Å². The number of nitrogens with one attached hydrogen (secondary N) is 1. The predicted molar refractivity (Wildman–Crippen MR) is 82.5 cm³/mol. The molecule has 4 nitrogen and oxygen atoms in total. The van der Waals surface area contributed by atoms with Crippen molar-refractivity contribution in [3.63, 3.8) is 0 Å². The Morgan fingerprint density at radius 2 is 1.70 bits per heavy atom. The number of fused-ring (bicyclic) bond motifs is 1. The summed E-state index contributed by atoms with van der Waals surface area (Å²) >= 11 is 0. The van der Waals surface area contributed by atoms with E-state index in [0.29, 0.717) is 12.1 Å². The van der Waals surface area contributed by atoms with Gasteiger partial charge in [0.05, 0.1) is 5.69 Å². The summed E-state index contributed by atoms with van der Waals surface area (Å²) in [5, 5.41) is 13.3. The second kappa shape index (κ2) is 5.37. The molecule has 1 aliphatic heterocycles. The Morgan fingerprint density at radius 1 is 1.05 bits per heavy atom. The second-order valence-electron chi connectivity index (χ2n) is 5.83. The largest absolute Gasteiger partial charge is 0.301 e. The van der Waals surface area contributed by atoms with E-state index < -0.39 is 0 Å². The maximum Gasteiger partial charge on any atom is 0.170 e. The highest BCUT2D eigenvalue weighted by Crippen LogP contribution is 2.27. The summed E-state index contributed by atoms with van der Waals surface area (Å²) in [6.45, 7) is 6.55. The Bertz CT molecular complexity index is 600. The molecule has 1 N–H and O–H groups in total. The summed E-state index contributed by atoms with van der Waals surface area (Å²) in [6.07, 6.45) is 3.77. The molecule has 2 atom stereocenters. The number of anilines is 1. The number of nitrogens with zero attached hydrogens (tertiary/aromatic N) is 3. The van der Waals surface area contributed by atoms with E-state index in [0.717, 1.165) is 16.9 Å². The molecular formula is C16H22N4. The second-order valence-corrected chi connectivity index (χ2v) is 5.83. The third-order valence-corrected chi connectivity index (χ3v) is 4.30. The quantitative estimate of drug-likeness (QED) is 0.906. The van der Waals surface area contributed by atoms with E-state index in [1.54, 1.807) is 0 Å². The van der Waals surface area contributed by atoms with Crippen LogP contribution in [0.25, 0.3) is 10.8 Å². The number of benzene rings is 1. The minimum Gasteiger partial charge on any atom is -0.301 e. The van der Waals surface area contributed by atoms with Gasteiger partial charge in [-0.3, -0.25) is 0 Å². The Morgan fingerprint density at radius 3 is 2.40 bits per heavy atom. The lowest BCUT2D eigenvalue weighted by Gasteiger charge is -2.39. The van der Waals surface area contributed by atoms with Gasteiger partial charge in [0.2, 0.25) is 0 Å². The third kappa shape index (κ3) is 2.36. The molecule has 1 aromatic heterocycles. The Kier molecular flexibility index (Phi) is 3.57. The van der Waals surface area contributed by atoms with Crippen LogP contribution in [0.4, 0.5) is 5.82 Å². The fourth-order valence-corrected chi connectivity index (χ4v) is 3.08. The van der Waals surface area contributed by atoms with Gasteiger partial charge in [0.25, 0.3) is 0 Å². The van der Waals surface area contributed by atoms with Crippen LogP contribution in [0.5, 0.6) is 0 Å². The van der Waals surface area contributed by atoms with E-state index in [-0.39, 0.29) is 0 Å². The first-order valence-corrected chi connectivity index (χ1v) is 7.44. The van der Waals surface area contributed by atoms with Crippen LogP contribution in [0.15, 0.2) is 24.3 Å². The smallest absolute Gasteiger partial charge is 0.170 e. The van der Waals surface area contributed by atoms with Gasteiger partial charge in [0.15, 0.2) is 5.82 Å². The zero-order valence-corrected chi connectivity index (χ0v) is 12.4. The van der Waals surface area contributed by atoms with Crippen molar-refractivity contribution < 1.29 is 0 Å². The standard InChI is InChI=1S/C16H22N4/c1-11-7-6-8-12(2)20(11)19-16-15-10-5-4-9-14(15)13(3)17-18-16/h4-5,9-12H,6-8H2,1-3H3,(H,18,19). The lowest BCUT2D eigenvalue weighted by molar-refractivity contribution is 0.135. The molecule has 2 aromatic rings. The van der Waals surface area contributed by atoms with Crippen molar-refractivity contribution in [1.82, 2.24) is 15.2 Å². The van der Waals surface area contributed by atoms with Crippen molar-refractivity contribution >= 4 is 16.6 Å². The van der Waals surface area contributed by atoms with E-state index in [1.165, 1.54) is 24.6 Å². The summed E-state index contributed by atoms with van der Waals surface area (Å²) in [5.74, 6) is 0.867. The van der Waals surface area contributed by atoms with Crippen LogP contribution >= 0.6 is 0 Å². The summed E-state index contributed by atoms with van der Waals surface area (Å²) in [6, 6.07) is 9.37. The van der Waals surface area contributed by atoms with Gasteiger partial charge in [0, 0.05) is 22.9 Å². The molecule has 2 heterocycles. The highest BCUT2D eigenvalue weighted by atomic mass is 15.6. The Hall–Kier alpha value is -1.68. The Labute approximate surface area is 120 Å². The zero-order valence-electron chi connectivity index (χ0n) is 12.4. The number of hydrogen-bond donors (Lipinski definition) is 1. The molecule has 0 aliphatic carbocycles. The molecule has 106 valence electrons.